The molecule has 0 aromatic rings. The normalized spacial score (nSPS) is 9.08. The number of methoxy groups -OCH3 is 1. The van der Waals surface area contributed by atoms with Crippen molar-refractivity contribution < 1.29 is 24.2 Å². The molecule has 1 N–H and O–H groups in total. The van der Waals surface area contributed by atoms with Gasteiger partial charge < -0.3 is 14.6 Å². The van der Waals surface area contributed by atoms with Crippen LogP contribution < -0.4 is 0 Å². The number of aliphatic hydroxyl groups is 1. The Hall–Kier alpha value is -1.36. The summed E-state index contributed by atoms with van der Waals surface area (Å²) in [7, 11) is 1.20. The zero-order valence-electron chi connectivity index (χ0n) is 7.41. The van der Waals surface area contributed by atoms with Gasteiger partial charge in [-0.1, -0.05) is 6.58 Å². The van der Waals surface area contributed by atoms with Crippen LogP contribution in [0.25, 0.3) is 0 Å². The average Bonchev–Trinajstić information content (AvgIpc) is 2.13. The third-order valence-electron chi connectivity index (χ3n) is 1.19. The van der Waals surface area contributed by atoms with Crippen molar-refractivity contribution in [3.8, 4) is 0 Å². The molecule has 0 fully saturated rings. The first-order chi connectivity index (χ1) is 6.11. The van der Waals surface area contributed by atoms with Crippen LogP contribution >= 0.6 is 0 Å². The van der Waals surface area contributed by atoms with E-state index >= 15 is 0 Å². The van der Waals surface area contributed by atoms with E-state index in [1.165, 1.54) is 7.11 Å². The topological polar surface area (TPSA) is 72.8 Å². The van der Waals surface area contributed by atoms with Crippen molar-refractivity contribution in [2.45, 2.75) is 6.42 Å². The summed E-state index contributed by atoms with van der Waals surface area (Å²) < 4.78 is 8.82. The summed E-state index contributed by atoms with van der Waals surface area (Å²) in [5.74, 6) is -1.25. The fourth-order valence-corrected chi connectivity index (χ4v) is 0.601. The second-order valence-corrected chi connectivity index (χ2v) is 2.22. The van der Waals surface area contributed by atoms with Gasteiger partial charge in [-0.05, 0) is 0 Å². The van der Waals surface area contributed by atoms with Crippen LogP contribution in [0.5, 0.6) is 0 Å². The average molecular weight is 188 g/mol. The molecule has 5 heteroatoms. The highest BCUT2D eigenvalue weighted by atomic mass is 16.5. The van der Waals surface area contributed by atoms with Crippen LogP contribution in [0.15, 0.2) is 12.2 Å². The molecule has 0 heterocycles. The summed E-state index contributed by atoms with van der Waals surface area (Å²) in [6.07, 6.45) is -0.216. The van der Waals surface area contributed by atoms with Gasteiger partial charge in [-0.25, -0.2) is 4.79 Å². The Kier molecular flexibility index (Phi) is 5.54. The number of hydrogen-bond donors (Lipinski definition) is 1. The molecule has 0 aliphatic carbocycles. The van der Waals surface area contributed by atoms with Gasteiger partial charge in [0.15, 0.2) is 0 Å². The Labute approximate surface area is 75.9 Å². The molecule has 0 aliphatic heterocycles. The molecule has 13 heavy (non-hydrogen) atoms. The Morgan fingerprint density at radius 1 is 1.46 bits per heavy atom. The molecule has 0 amide bonds. The van der Waals surface area contributed by atoms with Crippen LogP contribution in [-0.2, 0) is 19.1 Å². The molecular formula is C8H12O5. The summed E-state index contributed by atoms with van der Waals surface area (Å²) in [6, 6.07) is 0. The van der Waals surface area contributed by atoms with E-state index in [-0.39, 0.29) is 25.2 Å². The summed E-state index contributed by atoms with van der Waals surface area (Å²) in [5.41, 5.74) is 0.0328. The zero-order chi connectivity index (χ0) is 10.3. The van der Waals surface area contributed by atoms with Crippen molar-refractivity contribution in [3.05, 3.63) is 12.2 Å². The summed E-state index contributed by atoms with van der Waals surface area (Å²) >= 11 is 0. The molecule has 0 saturated carbocycles. The first-order valence-corrected chi connectivity index (χ1v) is 3.64. The van der Waals surface area contributed by atoms with Gasteiger partial charge in [-0.2, -0.15) is 0 Å². The molecule has 0 bridgehead atoms. The van der Waals surface area contributed by atoms with E-state index in [1.807, 2.05) is 0 Å². The highest BCUT2D eigenvalue weighted by Gasteiger charge is 2.12. The number of ether oxygens (including phenoxy) is 2. The van der Waals surface area contributed by atoms with E-state index < -0.39 is 11.9 Å². The van der Waals surface area contributed by atoms with Crippen molar-refractivity contribution in [1.29, 1.82) is 0 Å². The van der Waals surface area contributed by atoms with E-state index in [0.29, 0.717) is 0 Å². The first-order valence-electron chi connectivity index (χ1n) is 3.64. The number of rotatable bonds is 5. The number of carbonyl (C=O) groups is 2. The molecule has 0 aliphatic rings. The predicted molar refractivity (Wildman–Crippen MR) is 43.8 cm³/mol. The number of aliphatic hydroxyl groups excluding tert-OH is 1. The van der Waals surface area contributed by atoms with Crippen LogP contribution in [-0.4, -0.2) is 37.4 Å². The summed E-state index contributed by atoms with van der Waals surface area (Å²) in [6.45, 7) is 3.02. The summed E-state index contributed by atoms with van der Waals surface area (Å²) in [4.78, 5) is 21.6. The second-order valence-electron chi connectivity index (χ2n) is 2.22. The maximum absolute atomic E-state index is 10.8. The first kappa shape index (κ1) is 11.6. The lowest BCUT2D eigenvalue weighted by molar-refractivity contribution is -0.146. The van der Waals surface area contributed by atoms with Crippen molar-refractivity contribution in [2.75, 3.05) is 20.3 Å². The van der Waals surface area contributed by atoms with Gasteiger partial charge in [0.2, 0.25) is 0 Å². The van der Waals surface area contributed by atoms with Gasteiger partial charge in [-0.15, -0.1) is 0 Å². The minimum Gasteiger partial charge on any atom is -0.466 e. The molecule has 0 aromatic heterocycles. The number of esters is 2. The fraction of sp³-hybridized carbons (Fsp3) is 0.500. The number of hydrogen-bond acceptors (Lipinski definition) is 5. The quantitative estimate of drug-likeness (QED) is 0.471. The van der Waals surface area contributed by atoms with Gasteiger partial charge >= 0.3 is 11.9 Å². The van der Waals surface area contributed by atoms with Gasteiger partial charge in [0.1, 0.15) is 6.61 Å². The molecule has 5 nitrogen and oxygen atoms in total. The Morgan fingerprint density at radius 2 is 2.08 bits per heavy atom. The SMILES string of the molecule is C=C(CC(=O)OCCO)C(=O)OC. The minimum atomic E-state index is -0.638. The van der Waals surface area contributed by atoms with E-state index in [2.05, 4.69) is 16.1 Å². The zero-order valence-corrected chi connectivity index (χ0v) is 7.41. The lowest BCUT2D eigenvalue weighted by atomic mass is 10.2. The molecule has 0 radical (unpaired) electrons. The van der Waals surface area contributed by atoms with E-state index in [1.54, 1.807) is 0 Å². The number of carbonyl (C=O) groups excluding carboxylic acids is 2. The highest BCUT2D eigenvalue weighted by Crippen LogP contribution is 2.01. The maximum atomic E-state index is 10.8. The van der Waals surface area contributed by atoms with E-state index in [0.717, 1.165) is 0 Å². The van der Waals surface area contributed by atoms with Crippen molar-refractivity contribution in [3.63, 3.8) is 0 Å². The summed E-state index contributed by atoms with van der Waals surface area (Å²) in [5, 5.41) is 8.31. The molecule has 0 atom stereocenters. The molecule has 0 aromatic carbocycles. The largest absolute Gasteiger partial charge is 0.466 e. The van der Waals surface area contributed by atoms with Crippen LogP contribution in [0.4, 0.5) is 0 Å². The van der Waals surface area contributed by atoms with Crippen LogP contribution in [0.1, 0.15) is 6.42 Å². The predicted octanol–water partition coefficient (Wildman–Crippen LogP) is -0.359. The van der Waals surface area contributed by atoms with Crippen LogP contribution in [0, 0.1) is 0 Å². The Balaban J connectivity index is 3.78. The second kappa shape index (κ2) is 6.19. The molecule has 74 valence electrons. The molecular weight excluding hydrogens is 176 g/mol. The van der Waals surface area contributed by atoms with E-state index in [9.17, 15) is 9.59 Å². The van der Waals surface area contributed by atoms with Gasteiger partial charge in [-0.3, -0.25) is 4.79 Å². The standard InChI is InChI=1S/C8H12O5/c1-6(8(11)12-2)5-7(10)13-4-3-9/h9H,1,3-5H2,2H3. The lowest BCUT2D eigenvalue weighted by Crippen LogP contribution is -2.13. The monoisotopic (exact) mass is 188 g/mol. The third kappa shape index (κ3) is 4.97. The van der Waals surface area contributed by atoms with Crippen molar-refractivity contribution in [1.82, 2.24) is 0 Å². The van der Waals surface area contributed by atoms with E-state index in [4.69, 9.17) is 5.11 Å². The third-order valence-corrected chi connectivity index (χ3v) is 1.19. The smallest absolute Gasteiger partial charge is 0.333 e. The van der Waals surface area contributed by atoms with Gasteiger partial charge in [0.25, 0.3) is 0 Å². The van der Waals surface area contributed by atoms with Crippen molar-refractivity contribution in [2.24, 2.45) is 0 Å². The Morgan fingerprint density at radius 3 is 2.54 bits per heavy atom. The Bertz CT molecular complexity index is 209. The van der Waals surface area contributed by atoms with Crippen molar-refractivity contribution >= 4 is 11.9 Å². The molecule has 0 spiro atoms. The van der Waals surface area contributed by atoms with Gasteiger partial charge in [0, 0.05) is 5.57 Å². The van der Waals surface area contributed by atoms with Gasteiger partial charge in [0.05, 0.1) is 20.1 Å². The molecule has 0 unspecified atom stereocenters. The van der Waals surface area contributed by atoms with Crippen LogP contribution in [0.3, 0.4) is 0 Å². The molecule has 0 saturated heterocycles. The van der Waals surface area contributed by atoms with Crippen LogP contribution in [0.2, 0.25) is 0 Å². The highest BCUT2D eigenvalue weighted by molar-refractivity contribution is 5.93. The minimum absolute atomic E-state index is 0.0328. The lowest BCUT2D eigenvalue weighted by Gasteiger charge is -2.03. The fourth-order valence-electron chi connectivity index (χ4n) is 0.601. The molecule has 0 rings (SSSR count). The maximum Gasteiger partial charge on any atom is 0.333 e.